The molecule has 0 N–H and O–H groups in total. The first kappa shape index (κ1) is 5.87. The molecule has 0 saturated heterocycles. The molecule has 0 aliphatic carbocycles. The van der Waals surface area contributed by atoms with Crippen molar-refractivity contribution in [3.05, 3.63) is 16.0 Å². The van der Waals surface area contributed by atoms with Gasteiger partial charge in [-0.05, 0) is 6.92 Å². The van der Waals surface area contributed by atoms with Crippen molar-refractivity contribution in [2.45, 2.75) is 6.92 Å². The average molecular weight is 221 g/mol. The van der Waals surface area contributed by atoms with Crippen molar-refractivity contribution in [3.63, 3.8) is 0 Å². The van der Waals surface area contributed by atoms with Crippen LogP contribution in [-0.4, -0.2) is 15.0 Å². The lowest BCUT2D eigenvalue weighted by atomic mass is 10.7. The molecule has 0 saturated carbocycles. The Bertz CT molecular complexity index is 171. The van der Waals surface area contributed by atoms with E-state index in [1.165, 1.54) is 6.33 Å². The molecule has 0 bridgehead atoms. The second kappa shape index (κ2) is 2.34. The lowest BCUT2D eigenvalue weighted by Crippen LogP contribution is -1.91. The first-order valence-corrected chi connectivity index (χ1v) is 3.18. The summed E-state index contributed by atoms with van der Waals surface area (Å²) in [5, 5.41) is 0. The minimum absolute atomic E-state index is 0.745. The van der Waals surface area contributed by atoms with Crippen LogP contribution >= 0.6 is 22.6 Å². The number of hydrogen-bond donors (Lipinski definition) is 0. The van der Waals surface area contributed by atoms with Crippen LogP contribution in [0.5, 0.6) is 0 Å². The highest BCUT2D eigenvalue weighted by atomic mass is 127. The molecule has 1 heterocycles. The van der Waals surface area contributed by atoms with E-state index >= 15 is 0 Å². The maximum Gasteiger partial charge on any atom is 0.193 e. The summed E-state index contributed by atoms with van der Waals surface area (Å²) in [5.74, 6) is 0.768. The van der Waals surface area contributed by atoms with Crippen LogP contribution in [0.1, 0.15) is 5.82 Å². The zero-order valence-electron chi connectivity index (χ0n) is 4.30. The Morgan fingerprint density at radius 3 is 2.62 bits per heavy atom. The molecule has 0 radical (unpaired) electrons. The summed E-state index contributed by atoms with van der Waals surface area (Å²) in [6.45, 7) is 1.84. The molecule has 4 heteroatoms. The third-order valence-electron chi connectivity index (χ3n) is 0.663. The highest BCUT2D eigenvalue weighted by Crippen LogP contribution is 1.91. The van der Waals surface area contributed by atoms with Crippen LogP contribution in [0.2, 0.25) is 0 Å². The van der Waals surface area contributed by atoms with E-state index in [0.29, 0.717) is 0 Å². The fraction of sp³-hybridized carbons (Fsp3) is 0.250. The number of hydrogen-bond acceptors (Lipinski definition) is 3. The summed E-state index contributed by atoms with van der Waals surface area (Å²) in [4.78, 5) is 11.6. The predicted octanol–water partition coefficient (Wildman–Crippen LogP) is 0.785. The van der Waals surface area contributed by atoms with Crippen LogP contribution < -0.4 is 0 Å². The fourth-order valence-corrected chi connectivity index (χ4v) is 0.825. The summed E-state index contributed by atoms with van der Waals surface area (Å²) in [7, 11) is 0. The standard InChI is InChI=1S/C4H4IN3/c1-3-6-2-7-4(5)8-3/h2H,1H3. The molecule has 0 aliphatic heterocycles. The topological polar surface area (TPSA) is 38.7 Å². The minimum atomic E-state index is 0.745. The Morgan fingerprint density at radius 2 is 2.25 bits per heavy atom. The van der Waals surface area contributed by atoms with Gasteiger partial charge >= 0.3 is 0 Å². The molecular weight excluding hydrogens is 217 g/mol. The van der Waals surface area contributed by atoms with Crippen LogP contribution in [0.25, 0.3) is 0 Å². The molecule has 0 spiro atoms. The molecule has 1 aromatic rings. The molecule has 0 aliphatic rings. The normalized spacial score (nSPS) is 9.25. The van der Waals surface area contributed by atoms with E-state index in [-0.39, 0.29) is 0 Å². The van der Waals surface area contributed by atoms with Gasteiger partial charge in [-0.2, -0.15) is 0 Å². The Morgan fingerprint density at radius 1 is 1.50 bits per heavy atom. The predicted molar refractivity (Wildman–Crippen MR) is 37.3 cm³/mol. The number of aromatic nitrogens is 3. The molecule has 0 aromatic carbocycles. The first-order chi connectivity index (χ1) is 3.79. The zero-order chi connectivity index (χ0) is 5.98. The minimum Gasteiger partial charge on any atom is -0.222 e. The molecule has 3 nitrogen and oxygen atoms in total. The monoisotopic (exact) mass is 221 g/mol. The Kier molecular flexibility index (Phi) is 1.72. The van der Waals surface area contributed by atoms with Crippen molar-refractivity contribution in [2.24, 2.45) is 0 Å². The van der Waals surface area contributed by atoms with Gasteiger partial charge in [-0.1, -0.05) is 0 Å². The average Bonchev–Trinajstić information content (AvgIpc) is 1.64. The maximum atomic E-state index is 3.94. The summed E-state index contributed by atoms with van der Waals surface area (Å²) >= 11 is 2.04. The van der Waals surface area contributed by atoms with Gasteiger partial charge in [0.15, 0.2) is 3.83 Å². The van der Waals surface area contributed by atoms with Crippen molar-refractivity contribution in [3.8, 4) is 0 Å². The van der Waals surface area contributed by atoms with Gasteiger partial charge in [0, 0.05) is 22.6 Å². The van der Waals surface area contributed by atoms with Gasteiger partial charge in [-0.15, -0.1) is 0 Å². The molecule has 8 heavy (non-hydrogen) atoms. The van der Waals surface area contributed by atoms with Gasteiger partial charge in [-0.3, -0.25) is 0 Å². The van der Waals surface area contributed by atoms with Gasteiger partial charge in [0.25, 0.3) is 0 Å². The lowest BCUT2D eigenvalue weighted by molar-refractivity contribution is 0.941. The molecular formula is C4H4IN3. The number of halogens is 1. The molecule has 0 atom stereocenters. The fourth-order valence-electron chi connectivity index (χ4n) is 0.351. The highest BCUT2D eigenvalue weighted by Gasteiger charge is 1.86. The van der Waals surface area contributed by atoms with E-state index in [1.807, 2.05) is 29.5 Å². The first-order valence-electron chi connectivity index (χ1n) is 2.10. The molecule has 0 amide bonds. The molecule has 0 unspecified atom stereocenters. The Balaban J connectivity index is 3.08. The maximum absolute atomic E-state index is 3.94. The molecule has 1 rings (SSSR count). The summed E-state index contributed by atoms with van der Waals surface area (Å²) < 4.78 is 0.745. The summed E-state index contributed by atoms with van der Waals surface area (Å²) in [5.41, 5.74) is 0. The molecule has 42 valence electrons. The SMILES string of the molecule is Cc1ncnc(I)n1. The van der Waals surface area contributed by atoms with Crippen molar-refractivity contribution in [2.75, 3.05) is 0 Å². The molecule has 1 aromatic heterocycles. The Hall–Kier alpha value is -0.260. The molecule has 0 fully saturated rings. The highest BCUT2D eigenvalue weighted by molar-refractivity contribution is 14.1. The third kappa shape index (κ3) is 1.36. The van der Waals surface area contributed by atoms with Gasteiger partial charge < -0.3 is 0 Å². The van der Waals surface area contributed by atoms with Crippen molar-refractivity contribution < 1.29 is 0 Å². The second-order valence-electron chi connectivity index (χ2n) is 1.30. The third-order valence-corrected chi connectivity index (χ3v) is 1.18. The van der Waals surface area contributed by atoms with Crippen LogP contribution in [0, 0.1) is 10.8 Å². The van der Waals surface area contributed by atoms with Crippen LogP contribution in [0.15, 0.2) is 6.33 Å². The number of rotatable bonds is 0. The van der Waals surface area contributed by atoms with Crippen molar-refractivity contribution in [1.82, 2.24) is 15.0 Å². The van der Waals surface area contributed by atoms with E-state index in [9.17, 15) is 0 Å². The van der Waals surface area contributed by atoms with Gasteiger partial charge in [0.05, 0.1) is 0 Å². The number of nitrogens with zero attached hydrogens (tertiary/aromatic N) is 3. The summed E-state index contributed by atoms with van der Waals surface area (Å²) in [6.07, 6.45) is 1.50. The lowest BCUT2D eigenvalue weighted by Gasteiger charge is -1.86. The zero-order valence-corrected chi connectivity index (χ0v) is 6.45. The van der Waals surface area contributed by atoms with E-state index in [4.69, 9.17) is 0 Å². The summed E-state index contributed by atoms with van der Waals surface area (Å²) in [6, 6.07) is 0. The van der Waals surface area contributed by atoms with E-state index in [0.717, 1.165) is 9.66 Å². The van der Waals surface area contributed by atoms with Crippen molar-refractivity contribution in [1.29, 1.82) is 0 Å². The smallest absolute Gasteiger partial charge is 0.193 e. The van der Waals surface area contributed by atoms with E-state index in [2.05, 4.69) is 15.0 Å². The Labute approximate surface area is 60.7 Å². The van der Waals surface area contributed by atoms with Crippen LogP contribution in [-0.2, 0) is 0 Å². The van der Waals surface area contributed by atoms with Gasteiger partial charge in [0.2, 0.25) is 0 Å². The quantitative estimate of drug-likeness (QED) is 0.607. The van der Waals surface area contributed by atoms with Crippen LogP contribution in [0.4, 0.5) is 0 Å². The van der Waals surface area contributed by atoms with Crippen molar-refractivity contribution >= 4 is 22.6 Å². The largest absolute Gasteiger partial charge is 0.222 e. The second-order valence-corrected chi connectivity index (χ2v) is 2.27. The van der Waals surface area contributed by atoms with Crippen LogP contribution in [0.3, 0.4) is 0 Å². The van der Waals surface area contributed by atoms with E-state index in [1.54, 1.807) is 0 Å². The van der Waals surface area contributed by atoms with E-state index < -0.39 is 0 Å². The van der Waals surface area contributed by atoms with Gasteiger partial charge in [0.1, 0.15) is 12.2 Å². The number of aryl methyl sites for hydroxylation is 1. The van der Waals surface area contributed by atoms with Gasteiger partial charge in [-0.25, -0.2) is 15.0 Å².